The number of pyridine rings is 1. The molecule has 0 spiro atoms. The molecule has 1 atom stereocenters. The zero-order chi connectivity index (χ0) is 16.8. The summed E-state index contributed by atoms with van der Waals surface area (Å²) in [5, 5.41) is 3.24. The topological polar surface area (TPSA) is 54.5 Å². The van der Waals surface area contributed by atoms with E-state index in [2.05, 4.69) is 22.1 Å². The SMILES string of the molecule is CC[C@@H](NC(=O)C1CCN(C2CCOCC2)CC1)c1ccncc1. The summed E-state index contributed by atoms with van der Waals surface area (Å²) >= 11 is 0. The fraction of sp³-hybridized carbons (Fsp3) is 0.684. The number of aromatic nitrogens is 1. The lowest BCUT2D eigenvalue weighted by Gasteiger charge is -2.39. The van der Waals surface area contributed by atoms with E-state index in [0.29, 0.717) is 6.04 Å². The Morgan fingerprint density at radius 3 is 2.54 bits per heavy atom. The van der Waals surface area contributed by atoms with E-state index in [1.54, 1.807) is 12.4 Å². The molecule has 0 unspecified atom stereocenters. The van der Waals surface area contributed by atoms with Gasteiger partial charge in [0.25, 0.3) is 0 Å². The van der Waals surface area contributed by atoms with E-state index in [0.717, 1.165) is 64.0 Å². The van der Waals surface area contributed by atoms with Crippen LogP contribution in [0.2, 0.25) is 0 Å². The number of carbonyl (C=O) groups excluding carboxylic acids is 1. The van der Waals surface area contributed by atoms with E-state index in [-0.39, 0.29) is 17.9 Å². The van der Waals surface area contributed by atoms with Crippen molar-refractivity contribution in [3.8, 4) is 0 Å². The monoisotopic (exact) mass is 331 g/mol. The molecule has 5 heteroatoms. The molecule has 0 bridgehead atoms. The van der Waals surface area contributed by atoms with Gasteiger partial charge in [-0.15, -0.1) is 0 Å². The summed E-state index contributed by atoms with van der Waals surface area (Å²) < 4.78 is 5.45. The number of piperidine rings is 1. The number of ether oxygens (including phenoxy) is 1. The minimum atomic E-state index is 0.0917. The van der Waals surface area contributed by atoms with E-state index in [4.69, 9.17) is 4.74 Å². The van der Waals surface area contributed by atoms with Crippen molar-refractivity contribution in [3.63, 3.8) is 0 Å². The van der Waals surface area contributed by atoms with Crippen molar-refractivity contribution < 1.29 is 9.53 Å². The Kier molecular flexibility index (Phi) is 6.21. The fourth-order valence-electron chi connectivity index (χ4n) is 3.88. The third-order valence-electron chi connectivity index (χ3n) is 5.44. The molecule has 2 saturated heterocycles. The number of nitrogens with zero attached hydrogens (tertiary/aromatic N) is 2. The molecule has 3 rings (SSSR count). The molecule has 1 aromatic rings. The summed E-state index contributed by atoms with van der Waals surface area (Å²) in [6.45, 7) is 5.95. The fourth-order valence-corrected chi connectivity index (χ4v) is 3.88. The van der Waals surface area contributed by atoms with Crippen molar-refractivity contribution in [1.29, 1.82) is 0 Å². The minimum absolute atomic E-state index is 0.0917. The maximum Gasteiger partial charge on any atom is 0.223 e. The van der Waals surface area contributed by atoms with E-state index in [9.17, 15) is 4.79 Å². The van der Waals surface area contributed by atoms with E-state index < -0.39 is 0 Å². The van der Waals surface area contributed by atoms with Gasteiger partial charge in [-0.2, -0.15) is 0 Å². The number of carbonyl (C=O) groups is 1. The quantitative estimate of drug-likeness (QED) is 0.901. The molecule has 24 heavy (non-hydrogen) atoms. The summed E-state index contributed by atoms with van der Waals surface area (Å²) in [5.41, 5.74) is 1.14. The van der Waals surface area contributed by atoms with Gasteiger partial charge in [0, 0.05) is 37.6 Å². The first-order valence-electron chi connectivity index (χ1n) is 9.30. The molecule has 3 heterocycles. The van der Waals surface area contributed by atoms with Crippen molar-refractivity contribution in [3.05, 3.63) is 30.1 Å². The summed E-state index contributed by atoms with van der Waals surface area (Å²) in [5.74, 6) is 0.363. The van der Waals surface area contributed by atoms with Crippen LogP contribution in [-0.2, 0) is 9.53 Å². The van der Waals surface area contributed by atoms with Gasteiger partial charge < -0.3 is 15.0 Å². The van der Waals surface area contributed by atoms with Gasteiger partial charge in [0.2, 0.25) is 5.91 Å². The van der Waals surface area contributed by atoms with E-state index in [1.165, 1.54) is 0 Å². The van der Waals surface area contributed by atoms with Crippen LogP contribution >= 0.6 is 0 Å². The molecule has 0 radical (unpaired) electrons. The second-order valence-corrected chi connectivity index (χ2v) is 6.90. The van der Waals surface area contributed by atoms with Gasteiger partial charge in [-0.25, -0.2) is 0 Å². The molecule has 5 nitrogen and oxygen atoms in total. The zero-order valence-corrected chi connectivity index (χ0v) is 14.6. The highest BCUT2D eigenvalue weighted by Crippen LogP contribution is 2.24. The largest absolute Gasteiger partial charge is 0.381 e. The van der Waals surface area contributed by atoms with Crippen molar-refractivity contribution in [2.45, 2.75) is 51.1 Å². The molecular formula is C19H29N3O2. The average molecular weight is 331 g/mol. The van der Waals surface area contributed by atoms with Crippen molar-refractivity contribution in [1.82, 2.24) is 15.2 Å². The van der Waals surface area contributed by atoms with Gasteiger partial charge in [0.05, 0.1) is 6.04 Å². The van der Waals surface area contributed by atoms with Gasteiger partial charge in [0.15, 0.2) is 0 Å². The van der Waals surface area contributed by atoms with Crippen LogP contribution in [0.4, 0.5) is 0 Å². The van der Waals surface area contributed by atoms with Crippen LogP contribution in [0.15, 0.2) is 24.5 Å². The van der Waals surface area contributed by atoms with Crippen LogP contribution < -0.4 is 5.32 Å². The van der Waals surface area contributed by atoms with Gasteiger partial charge >= 0.3 is 0 Å². The first kappa shape index (κ1) is 17.4. The van der Waals surface area contributed by atoms with Crippen LogP contribution in [0.1, 0.15) is 50.6 Å². The van der Waals surface area contributed by atoms with Gasteiger partial charge in [-0.05, 0) is 62.9 Å². The average Bonchev–Trinajstić information content (AvgIpc) is 2.67. The lowest BCUT2D eigenvalue weighted by Crippen LogP contribution is -2.47. The molecule has 2 aliphatic rings. The number of rotatable bonds is 5. The molecule has 1 N–H and O–H groups in total. The Morgan fingerprint density at radius 1 is 1.25 bits per heavy atom. The Morgan fingerprint density at radius 2 is 1.92 bits per heavy atom. The second-order valence-electron chi connectivity index (χ2n) is 6.90. The Labute approximate surface area is 144 Å². The number of likely N-dealkylation sites (tertiary alicyclic amines) is 1. The molecule has 0 aliphatic carbocycles. The van der Waals surface area contributed by atoms with Crippen molar-refractivity contribution in [2.75, 3.05) is 26.3 Å². The normalized spacial score (nSPS) is 22.2. The first-order valence-corrected chi connectivity index (χ1v) is 9.30. The molecule has 2 fully saturated rings. The van der Waals surface area contributed by atoms with Crippen LogP contribution in [-0.4, -0.2) is 48.1 Å². The van der Waals surface area contributed by atoms with E-state index in [1.807, 2.05) is 12.1 Å². The molecule has 1 amide bonds. The van der Waals surface area contributed by atoms with Crippen LogP contribution in [0.5, 0.6) is 0 Å². The molecule has 1 aromatic heterocycles. The highest BCUT2D eigenvalue weighted by molar-refractivity contribution is 5.79. The summed E-state index contributed by atoms with van der Waals surface area (Å²) in [7, 11) is 0. The minimum Gasteiger partial charge on any atom is -0.381 e. The van der Waals surface area contributed by atoms with Crippen LogP contribution in [0.3, 0.4) is 0 Å². The molecule has 2 aliphatic heterocycles. The first-order chi connectivity index (χ1) is 11.8. The third-order valence-corrected chi connectivity index (χ3v) is 5.44. The Balaban J connectivity index is 1.49. The molecule has 0 saturated carbocycles. The summed E-state index contributed by atoms with van der Waals surface area (Å²) in [6, 6.07) is 4.72. The van der Waals surface area contributed by atoms with Crippen LogP contribution in [0.25, 0.3) is 0 Å². The molecular weight excluding hydrogens is 302 g/mol. The zero-order valence-electron chi connectivity index (χ0n) is 14.6. The van der Waals surface area contributed by atoms with Gasteiger partial charge in [-0.3, -0.25) is 9.78 Å². The summed E-state index contributed by atoms with van der Waals surface area (Å²) in [4.78, 5) is 19.3. The highest BCUT2D eigenvalue weighted by atomic mass is 16.5. The maximum absolute atomic E-state index is 12.7. The van der Waals surface area contributed by atoms with E-state index >= 15 is 0 Å². The smallest absolute Gasteiger partial charge is 0.223 e. The van der Waals surface area contributed by atoms with Crippen molar-refractivity contribution >= 4 is 5.91 Å². The predicted octanol–water partition coefficient (Wildman–Crippen LogP) is 2.54. The molecule has 132 valence electrons. The Bertz CT molecular complexity index is 509. The second kappa shape index (κ2) is 8.58. The number of amides is 1. The number of nitrogens with one attached hydrogen (secondary N) is 1. The highest BCUT2D eigenvalue weighted by Gasteiger charge is 2.30. The van der Waals surface area contributed by atoms with Gasteiger partial charge in [0.1, 0.15) is 0 Å². The number of hydrogen-bond acceptors (Lipinski definition) is 4. The third kappa shape index (κ3) is 4.33. The van der Waals surface area contributed by atoms with Gasteiger partial charge in [-0.1, -0.05) is 6.92 Å². The standard InChI is InChI=1S/C19H29N3O2/c1-2-18(15-3-9-20-10-4-15)21-19(23)16-5-11-22(12-6-16)17-7-13-24-14-8-17/h3-4,9-10,16-18H,2,5-8,11-14H2,1H3,(H,21,23)/t18-/m1/s1. The Hall–Kier alpha value is -1.46. The van der Waals surface area contributed by atoms with Crippen molar-refractivity contribution in [2.24, 2.45) is 5.92 Å². The van der Waals surface area contributed by atoms with Crippen LogP contribution in [0, 0.1) is 5.92 Å². The summed E-state index contributed by atoms with van der Waals surface area (Å²) in [6.07, 6.45) is 8.68. The number of hydrogen-bond donors (Lipinski definition) is 1. The lowest BCUT2D eigenvalue weighted by molar-refractivity contribution is -0.127. The maximum atomic E-state index is 12.7. The molecule has 0 aromatic carbocycles. The predicted molar refractivity (Wildman–Crippen MR) is 93.5 cm³/mol. The lowest BCUT2D eigenvalue weighted by atomic mass is 9.92.